The SMILES string of the molecule is CCCCOC(=O)C(CCCC)SCCCC(F)(F)CC. The summed E-state index contributed by atoms with van der Waals surface area (Å²) in [4.78, 5) is 12.0. The molecule has 0 aliphatic rings. The van der Waals surface area contributed by atoms with E-state index in [-0.39, 0.29) is 24.1 Å². The first-order valence-corrected chi connectivity index (χ1v) is 9.17. The molecule has 0 aromatic rings. The zero-order chi connectivity index (χ0) is 16.1. The van der Waals surface area contributed by atoms with Gasteiger partial charge in [-0.25, -0.2) is 8.78 Å². The number of hydrogen-bond donors (Lipinski definition) is 0. The molecule has 0 saturated heterocycles. The summed E-state index contributed by atoms with van der Waals surface area (Å²) in [6.45, 7) is 6.09. The Labute approximate surface area is 132 Å². The average Bonchev–Trinajstić information content (AvgIpc) is 2.46. The number of unbranched alkanes of at least 4 members (excludes halogenated alkanes) is 2. The first kappa shape index (κ1) is 20.7. The van der Waals surface area contributed by atoms with Crippen LogP contribution < -0.4 is 0 Å². The number of halogens is 2. The summed E-state index contributed by atoms with van der Waals surface area (Å²) in [5.41, 5.74) is 0. The van der Waals surface area contributed by atoms with Gasteiger partial charge in [-0.1, -0.05) is 40.0 Å². The summed E-state index contributed by atoms with van der Waals surface area (Å²) < 4.78 is 31.5. The zero-order valence-corrected chi connectivity index (χ0v) is 14.4. The van der Waals surface area contributed by atoms with Gasteiger partial charge in [-0.3, -0.25) is 4.79 Å². The Morgan fingerprint density at radius 2 is 1.81 bits per heavy atom. The van der Waals surface area contributed by atoms with E-state index >= 15 is 0 Å². The number of alkyl halides is 2. The summed E-state index contributed by atoms with van der Waals surface area (Å²) in [7, 11) is 0. The largest absolute Gasteiger partial charge is 0.465 e. The standard InChI is InChI=1S/C16H30F2O2S/c1-4-7-10-14(15(19)20-12-8-5-2)21-13-9-11-16(17,18)6-3/h14H,4-13H2,1-3H3. The van der Waals surface area contributed by atoms with Crippen molar-refractivity contribution in [1.82, 2.24) is 0 Å². The summed E-state index contributed by atoms with van der Waals surface area (Å²) in [5.74, 6) is -2.15. The highest BCUT2D eigenvalue weighted by Crippen LogP contribution is 2.27. The van der Waals surface area contributed by atoms with Crippen molar-refractivity contribution in [3.8, 4) is 0 Å². The molecule has 21 heavy (non-hydrogen) atoms. The van der Waals surface area contributed by atoms with Gasteiger partial charge in [0.15, 0.2) is 0 Å². The van der Waals surface area contributed by atoms with Crippen molar-refractivity contribution in [2.45, 2.75) is 83.3 Å². The zero-order valence-electron chi connectivity index (χ0n) is 13.6. The molecule has 0 aromatic carbocycles. The van der Waals surface area contributed by atoms with E-state index in [1.54, 1.807) is 0 Å². The normalized spacial score (nSPS) is 13.2. The van der Waals surface area contributed by atoms with Crippen molar-refractivity contribution in [1.29, 1.82) is 0 Å². The van der Waals surface area contributed by atoms with Gasteiger partial charge in [0.25, 0.3) is 0 Å². The fraction of sp³-hybridized carbons (Fsp3) is 0.938. The lowest BCUT2D eigenvalue weighted by Gasteiger charge is -2.17. The molecule has 0 amide bonds. The Balaban J connectivity index is 4.08. The van der Waals surface area contributed by atoms with Crippen LogP contribution in [0.5, 0.6) is 0 Å². The predicted octanol–water partition coefficient (Wildman–Crippen LogP) is 5.45. The fourth-order valence-electron chi connectivity index (χ4n) is 1.80. The molecule has 1 atom stereocenters. The van der Waals surface area contributed by atoms with Crippen LogP contribution in [0.25, 0.3) is 0 Å². The minimum absolute atomic E-state index is 0.0954. The lowest BCUT2D eigenvalue weighted by molar-refractivity contribution is -0.143. The number of hydrogen-bond acceptors (Lipinski definition) is 3. The molecule has 0 radical (unpaired) electrons. The van der Waals surface area contributed by atoms with Gasteiger partial charge in [0.1, 0.15) is 5.25 Å². The van der Waals surface area contributed by atoms with E-state index in [1.807, 2.05) is 6.92 Å². The van der Waals surface area contributed by atoms with Crippen molar-refractivity contribution < 1.29 is 18.3 Å². The predicted molar refractivity (Wildman–Crippen MR) is 86.1 cm³/mol. The molecule has 0 aliphatic heterocycles. The van der Waals surface area contributed by atoms with Crippen LogP contribution in [-0.4, -0.2) is 29.5 Å². The molecular weight excluding hydrogens is 294 g/mol. The molecule has 0 aliphatic carbocycles. The van der Waals surface area contributed by atoms with Gasteiger partial charge in [0.2, 0.25) is 5.92 Å². The quantitative estimate of drug-likeness (QED) is 0.333. The van der Waals surface area contributed by atoms with Crippen LogP contribution in [0.1, 0.15) is 72.1 Å². The molecule has 0 saturated carbocycles. The molecule has 0 heterocycles. The van der Waals surface area contributed by atoms with Crippen LogP contribution in [0, 0.1) is 0 Å². The van der Waals surface area contributed by atoms with Crippen molar-refractivity contribution >= 4 is 17.7 Å². The fourth-order valence-corrected chi connectivity index (χ4v) is 2.93. The van der Waals surface area contributed by atoms with E-state index in [1.165, 1.54) is 18.7 Å². The summed E-state index contributed by atoms with van der Waals surface area (Å²) in [6.07, 6.45) is 4.86. The second-order valence-corrected chi connectivity index (χ2v) is 6.65. The van der Waals surface area contributed by atoms with E-state index < -0.39 is 5.92 Å². The number of esters is 1. The van der Waals surface area contributed by atoms with Crippen LogP contribution in [0.2, 0.25) is 0 Å². The maximum atomic E-state index is 13.1. The topological polar surface area (TPSA) is 26.3 Å². The molecule has 1 unspecified atom stereocenters. The summed E-state index contributed by atoms with van der Waals surface area (Å²) in [6, 6.07) is 0. The van der Waals surface area contributed by atoms with Gasteiger partial charge in [-0.15, -0.1) is 11.8 Å². The van der Waals surface area contributed by atoms with Gasteiger partial charge in [-0.05, 0) is 25.0 Å². The second kappa shape index (κ2) is 12.2. The minimum atomic E-state index is -2.57. The number of carbonyl (C=O) groups is 1. The first-order chi connectivity index (χ1) is 9.96. The Morgan fingerprint density at radius 3 is 2.38 bits per heavy atom. The van der Waals surface area contributed by atoms with Crippen LogP contribution in [0.15, 0.2) is 0 Å². The molecule has 5 heteroatoms. The van der Waals surface area contributed by atoms with Crippen molar-refractivity contribution in [3.05, 3.63) is 0 Å². The molecule has 0 rings (SSSR count). The smallest absolute Gasteiger partial charge is 0.319 e. The molecule has 0 fully saturated rings. The highest BCUT2D eigenvalue weighted by Gasteiger charge is 2.26. The van der Waals surface area contributed by atoms with E-state index in [9.17, 15) is 13.6 Å². The number of ether oxygens (including phenoxy) is 1. The third-order valence-corrected chi connectivity index (χ3v) is 4.70. The number of rotatable bonds is 13. The van der Waals surface area contributed by atoms with Gasteiger partial charge in [0.05, 0.1) is 6.61 Å². The minimum Gasteiger partial charge on any atom is -0.465 e. The lowest BCUT2D eigenvalue weighted by atomic mass is 10.1. The van der Waals surface area contributed by atoms with Gasteiger partial charge in [-0.2, -0.15) is 0 Å². The Bertz CT molecular complexity index is 273. The van der Waals surface area contributed by atoms with Crippen LogP contribution in [-0.2, 0) is 9.53 Å². The molecule has 0 aromatic heterocycles. The Hall–Kier alpha value is -0.320. The van der Waals surface area contributed by atoms with E-state index in [0.717, 1.165) is 32.1 Å². The first-order valence-electron chi connectivity index (χ1n) is 8.12. The van der Waals surface area contributed by atoms with Gasteiger partial charge in [0, 0.05) is 12.8 Å². The van der Waals surface area contributed by atoms with Crippen molar-refractivity contribution in [2.24, 2.45) is 0 Å². The van der Waals surface area contributed by atoms with Crippen LogP contribution >= 0.6 is 11.8 Å². The average molecular weight is 324 g/mol. The van der Waals surface area contributed by atoms with Crippen molar-refractivity contribution in [2.75, 3.05) is 12.4 Å². The second-order valence-electron chi connectivity index (χ2n) is 5.34. The molecule has 2 nitrogen and oxygen atoms in total. The molecule has 126 valence electrons. The Kier molecular flexibility index (Phi) is 12.1. The van der Waals surface area contributed by atoms with E-state index in [0.29, 0.717) is 18.8 Å². The summed E-state index contributed by atoms with van der Waals surface area (Å²) in [5, 5.41) is -0.197. The number of carbonyl (C=O) groups excluding carboxylic acids is 1. The van der Waals surface area contributed by atoms with Crippen molar-refractivity contribution in [3.63, 3.8) is 0 Å². The van der Waals surface area contributed by atoms with Gasteiger partial charge >= 0.3 is 5.97 Å². The monoisotopic (exact) mass is 324 g/mol. The summed E-state index contributed by atoms with van der Waals surface area (Å²) >= 11 is 1.47. The van der Waals surface area contributed by atoms with E-state index in [2.05, 4.69) is 6.92 Å². The van der Waals surface area contributed by atoms with Crippen LogP contribution in [0.4, 0.5) is 8.78 Å². The maximum Gasteiger partial charge on any atom is 0.319 e. The molecule has 0 bridgehead atoms. The highest BCUT2D eigenvalue weighted by atomic mass is 32.2. The van der Waals surface area contributed by atoms with E-state index in [4.69, 9.17) is 4.74 Å². The van der Waals surface area contributed by atoms with Crippen LogP contribution in [0.3, 0.4) is 0 Å². The highest BCUT2D eigenvalue weighted by molar-refractivity contribution is 8.00. The Morgan fingerprint density at radius 1 is 1.14 bits per heavy atom. The number of thioether (sulfide) groups is 1. The molecular formula is C16H30F2O2S. The third-order valence-electron chi connectivity index (χ3n) is 3.35. The third kappa shape index (κ3) is 11.0. The van der Waals surface area contributed by atoms with Gasteiger partial charge < -0.3 is 4.74 Å². The molecule has 0 spiro atoms. The lowest BCUT2D eigenvalue weighted by Crippen LogP contribution is -2.22. The maximum absolute atomic E-state index is 13.1. The molecule has 0 N–H and O–H groups in total.